The molecule has 3 N–H and O–H groups in total. The van der Waals surface area contributed by atoms with Crippen molar-refractivity contribution in [2.24, 2.45) is 0 Å². The van der Waals surface area contributed by atoms with E-state index in [1.54, 1.807) is 4.90 Å². The van der Waals surface area contributed by atoms with Crippen molar-refractivity contribution in [3.05, 3.63) is 108 Å². The number of aromatic amines is 2. The molecule has 3 fully saturated rings. The molecule has 240 valence electrons. The number of rotatable bonds is 7. The molecular weight excluding hydrogens is 592 g/mol. The minimum absolute atomic E-state index is 0.191. The molecule has 47 heavy (non-hydrogen) atoms. The van der Waals surface area contributed by atoms with E-state index >= 15 is 0 Å². The average Bonchev–Trinajstić information content (AvgIpc) is 3.96. The molecule has 1 amide bonds. The summed E-state index contributed by atoms with van der Waals surface area (Å²) in [6, 6.07) is 26.5. The van der Waals surface area contributed by atoms with Crippen LogP contribution in [0.2, 0.25) is 0 Å². The molecule has 10 heteroatoms. The van der Waals surface area contributed by atoms with Crippen LogP contribution in [-0.4, -0.2) is 63.0 Å². The molecule has 10 nitrogen and oxygen atoms in total. The maximum absolute atomic E-state index is 13.6. The van der Waals surface area contributed by atoms with Gasteiger partial charge in [-0.15, -0.1) is 0 Å². The van der Waals surface area contributed by atoms with Crippen LogP contribution in [0.5, 0.6) is 0 Å². The van der Waals surface area contributed by atoms with Gasteiger partial charge < -0.3 is 29.5 Å². The van der Waals surface area contributed by atoms with Gasteiger partial charge in [0, 0.05) is 36.4 Å². The van der Waals surface area contributed by atoms with E-state index in [9.17, 15) is 4.79 Å². The number of benzene rings is 3. The van der Waals surface area contributed by atoms with Gasteiger partial charge in [-0.2, -0.15) is 0 Å². The van der Waals surface area contributed by atoms with Crippen LogP contribution < -0.4 is 5.32 Å². The first kappa shape index (κ1) is 29.6. The number of nitrogens with one attached hydrogen (secondary N) is 3. The van der Waals surface area contributed by atoms with Crippen LogP contribution in [0.4, 0.5) is 4.79 Å². The molecule has 3 aliphatic rings. The molecule has 0 radical (unpaired) electrons. The Kier molecular flexibility index (Phi) is 8.06. The van der Waals surface area contributed by atoms with E-state index < -0.39 is 17.9 Å². The Morgan fingerprint density at radius 3 is 2.09 bits per heavy atom. The first-order chi connectivity index (χ1) is 23.1. The van der Waals surface area contributed by atoms with Crippen molar-refractivity contribution >= 4 is 6.09 Å². The molecule has 1 unspecified atom stereocenters. The fourth-order valence-electron chi connectivity index (χ4n) is 6.92. The third-order valence-electron chi connectivity index (χ3n) is 9.53. The van der Waals surface area contributed by atoms with Crippen LogP contribution in [0, 0.1) is 0 Å². The largest absolute Gasteiger partial charge is 0.444 e. The van der Waals surface area contributed by atoms with Crippen molar-refractivity contribution in [2.45, 2.75) is 50.1 Å². The SMILES string of the molecule is O=C(OCc1ccccc1)N1C(c2nc(-c3ccc(-c4ccc(-c5c[nH]c([C@@H]6CCCN6)n5)cc4)cc3)c[nH]2)COC12CCOCC2. The van der Waals surface area contributed by atoms with Crippen LogP contribution in [-0.2, 0) is 20.8 Å². The summed E-state index contributed by atoms with van der Waals surface area (Å²) in [5.41, 5.74) is 6.25. The molecule has 1 spiro atoms. The Bertz CT molecular complexity index is 1810. The minimum Gasteiger partial charge on any atom is -0.444 e. The number of nitrogens with zero attached hydrogens (tertiary/aromatic N) is 3. The minimum atomic E-state index is -0.770. The number of hydrogen-bond donors (Lipinski definition) is 3. The molecule has 5 aromatic rings. The fraction of sp³-hybridized carbons (Fsp3) is 0.324. The van der Waals surface area contributed by atoms with E-state index in [0.717, 1.165) is 58.0 Å². The number of ether oxygens (including phenoxy) is 3. The second-order valence-electron chi connectivity index (χ2n) is 12.4. The molecule has 0 saturated carbocycles. The van der Waals surface area contributed by atoms with Crippen LogP contribution >= 0.6 is 0 Å². The maximum atomic E-state index is 13.6. The van der Waals surface area contributed by atoms with Gasteiger partial charge >= 0.3 is 6.09 Å². The summed E-state index contributed by atoms with van der Waals surface area (Å²) < 4.78 is 17.8. The molecule has 0 aliphatic carbocycles. The van der Waals surface area contributed by atoms with Gasteiger partial charge in [-0.05, 0) is 36.1 Å². The number of amides is 1. The number of H-pyrrole nitrogens is 2. The zero-order valence-corrected chi connectivity index (χ0v) is 26.2. The first-order valence-electron chi connectivity index (χ1n) is 16.4. The van der Waals surface area contributed by atoms with Gasteiger partial charge in [0.05, 0.1) is 37.3 Å². The van der Waals surface area contributed by atoms with E-state index in [2.05, 4.69) is 63.8 Å². The summed E-state index contributed by atoms with van der Waals surface area (Å²) in [6.07, 6.45) is 6.94. The van der Waals surface area contributed by atoms with Crippen LogP contribution in [0.3, 0.4) is 0 Å². The van der Waals surface area contributed by atoms with Crippen molar-refractivity contribution in [2.75, 3.05) is 26.4 Å². The van der Waals surface area contributed by atoms with Gasteiger partial charge in [0.1, 0.15) is 24.3 Å². The second-order valence-corrected chi connectivity index (χ2v) is 12.4. The molecule has 3 aliphatic heterocycles. The number of aromatic nitrogens is 4. The lowest BCUT2D eigenvalue weighted by molar-refractivity contribution is -0.137. The smallest absolute Gasteiger partial charge is 0.413 e. The van der Waals surface area contributed by atoms with Gasteiger partial charge in [-0.1, -0.05) is 78.9 Å². The van der Waals surface area contributed by atoms with E-state index in [-0.39, 0.29) is 6.61 Å². The standard InChI is InChI=1S/C37H38N6O4/c44-36(46-23-25-5-2-1-3-6-25)43-33(24-47-37(43)16-19-45-20-17-37)35-40-22-32(42-35)29-14-10-27(11-15-29)26-8-12-28(13-9-26)31-21-39-34(41-31)30-7-4-18-38-30/h1-3,5-6,8-15,21-22,30,33,38H,4,7,16-20,23-24H2,(H,39,41)(H,40,42)/t30-,33?/m0/s1. The van der Waals surface area contributed by atoms with Crippen molar-refractivity contribution in [3.8, 4) is 33.6 Å². The molecule has 0 bridgehead atoms. The molecular formula is C37H38N6O4. The Morgan fingerprint density at radius 1 is 0.830 bits per heavy atom. The van der Waals surface area contributed by atoms with Gasteiger partial charge in [-0.25, -0.2) is 14.8 Å². The molecule has 5 heterocycles. The maximum Gasteiger partial charge on any atom is 0.413 e. The van der Waals surface area contributed by atoms with Gasteiger partial charge in [0.2, 0.25) is 0 Å². The van der Waals surface area contributed by atoms with E-state index in [1.165, 1.54) is 6.42 Å². The first-order valence-corrected chi connectivity index (χ1v) is 16.4. The van der Waals surface area contributed by atoms with Crippen molar-refractivity contribution in [3.63, 3.8) is 0 Å². The van der Waals surface area contributed by atoms with Crippen LogP contribution in [0.1, 0.15) is 55.0 Å². The molecule has 8 rings (SSSR count). The number of hydrogen-bond acceptors (Lipinski definition) is 7. The Balaban J connectivity index is 0.971. The predicted molar refractivity (Wildman–Crippen MR) is 177 cm³/mol. The van der Waals surface area contributed by atoms with Gasteiger partial charge in [0.15, 0.2) is 5.72 Å². The number of carbonyl (C=O) groups excluding carboxylic acids is 1. The summed E-state index contributed by atoms with van der Waals surface area (Å²) in [5.74, 6) is 1.68. The highest BCUT2D eigenvalue weighted by atomic mass is 16.6. The highest BCUT2D eigenvalue weighted by Crippen LogP contribution is 2.43. The third-order valence-corrected chi connectivity index (χ3v) is 9.53. The lowest BCUT2D eigenvalue weighted by Gasteiger charge is -2.40. The molecule has 3 saturated heterocycles. The Morgan fingerprint density at radius 2 is 1.45 bits per heavy atom. The normalized spacial score (nSPS) is 20.6. The van der Waals surface area contributed by atoms with Gasteiger partial charge in [-0.3, -0.25) is 4.90 Å². The fourth-order valence-corrected chi connectivity index (χ4v) is 6.92. The summed E-state index contributed by atoms with van der Waals surface area (Å²) in [4.78, 5) is 31.8. The molecule has 2 aromatic heterocycles. The Hall–Kier alpha value is -4.77. The predicted octanol–water partition coefficient (Wildman–Crippen LogP) is 6.78. The zero-order chi connectivity index (χ0) is 31.6. The van der Waals surface area contributed by atoms with Crippen molar-refractivity contribution in [1.82, 2.24) is 30.2 Å². The van der Waals surface area contributed by atoms with Crippen LogP contribution in [0.25, 0.3) is 33.6 Å². The highest BCUT2D eigenvalue weighted by molar-refractivity contribution is 5.72. The second kappa shape index (κ2) is 12.8. The lowest BCUT2D eigenvalue weighted by atomic mass is 10.0. The summed E-state index contributed by atoms with van der Waals surface area (Å²) in [6.45, 7) is 2.62. The van der Waals surface area contributed by atoms with E-state index in [0.29, 0.717) is 44.5 Å². The number of imidazole rings is 2. The van der Waals surface area contributed by atoms with E-state index in [4.69, 9.17) is 24.2 Å². The van der Waals surface area contributed by atoms with E-state index in [1.807, 2.05) is 42.7 Å². The Labute approximate surface area is 273 Å². The lowest BCUT2D eigenvalue weighted by Crippen LogP contribution is -2.52. The van der Waals surface area contributed by atoms with Gasteiger partial charge in [0.25, 0.3) is 0 Å². The summed E-state index contributed by atoms with van der Waals surface area (Å²) >= 11 is 0. The number of carbonyl (C=O) groups is 1. The average molecular weight is 631 g/mol. The van der Waals surface area contributed by atoms with Crippen molar-refractivity contribution in [1.29, 1.82) is 0 Å². The monoisotopic (exact) mass is 630 g/mol. The zero-order valence-electron chi connectivity index (χ0n) is 26.2. The van der Waals surface area contributed by atoms with Crippen molar-refractivity contribution < 1.29 is 19.0 Å². The third kappa shape index (κ3) is 5.95. The summed E-state index contributed by atoms with van der Waals surface area (Å²) in [5, 5.41) is 3.50. The molecule has 3 aromatic carbocycles. The molecule has 2 atom stereocenters. The summed E-state index contributed by atoms with van der Waals surface area (Å²) in [7, 11) is 0. The quantitative estimate of drug-likeness (QED) is 0.182. The van der Waals surface area contributed by atoms with Crippen LogP contribution in [0.15, 0.2) is 91.3 Å². The highest BCUT2D eigenvalue weighted by Gasteiger charge is 2.53. The topological polar surface area (TPSA) is 117 Å².